The van der Waals surface area contributed by atoms with Crippen LogP contribution in [0.15, 0.2) is 0 Å². The van der Waals surface area contributed by atoms with Crippen molar-refractivity contribution in [3.05, 3.63) is 0 Å². The zero-order valence-electron chi connectivity index (χ0n) is 6.69. The molecule has 11 heavy (non-hydrogen) atoms. The van der Waals surface area contributed by atoms with Gasteiger partial charge in [0.2, 0.25) is 0 Å². The molecule has 1 fully saturated rings. The Balaban J connectivity index is 2.61. The van der Waals surface area contributed by atoms with Crippen LogP contribution in [0.25, 0.3) is 0 Å². The third-order valence-electron chi connectivity index (χ3n) is 1.98. The van der Waals surface area contributed by atoms with Crippen LogP contribution in [-0.4, -0.2) is 31.3 Å². The molecule has 1 N–H and O–H groups in total. The zero-order valence-corrected chi connectivity index (χ0v) is 6.69. The van der Waals surface area contributed by atoms with Crippen molar-refractivity contribution in [3.8, 4) is 0 Å². The Morgan fingerprint density at radius 3 is 2.82 bits per heavy atom. The van der Waals surface area contributed by atoms with Gasteiger partial charge in [0.15, 0.2) is 0 Å². The van der Waals surface area contributed by atoms with Crippen LogP contribution in [0.3, 0.4) is 0 Å². The lowest BCUT2D eigenvalue weighted by Crippen LogP contribution is -2.45. The van der Waals surface area contributed by atoms with Crippen LogP contribution in [-0.2, 0) is 9.53 Å². The second-order valence-corrected chi connectivity index (χ2v) is 3.01. The van der Waals surface area contributed by atoms with E-state index in [4.69, 9.17) is 0 Å². The molecule has 3 nitrogen and oxygen atoms in total. The number of rotatable bonds is 1. The fourth-order valence-corrected chi connectivity index (χ4v) is 1.30. The summed E-state index contributed by atoms with van der Waals surface area (Å²) in [5, 5.41) is 2.78. The number of carbonyl (C=O) groups excluding carboxylic acids is 1. The maximum atomic E-state index is 12.6. The van der Waals surface area contributed by atoms with Gasteiger partial charge in [-0.3, -0.25) is 10.1 Å². The Morgan fingerprint density at radius 2 is 2.45 bits per heavy atom. The van der Waals surface area contributed by atoms with E-state index in [1.54, 1.807) is 6.92 Å². The van der Waals surface area contributed by atoms with E-state index in [2.05, 4.69) is 10.1 Å². The number of ether oxygens (including phenoxy) is 1. The maximum absolute atomic E-state index is 12.6. The predicted molar refractivity (Wildman–Crippen MR) is 37.9 cm³/mol. The van der Waals surface area contributed by atoms with Crippen LogP contribution in [0.5, 0.6) is 0 Å². The Hall–Kier alpha value is -0.640. The van der Waals surface area contributed by atoms with Gasteiger partial charge in [-0.15, -0.1) is 0 Å². The molecule has 2 atom stereocenters. The number of nitrogens with one attached hydrogen (secondary N) is 1. The molecule has 0 amide bonds. The van der Waals surface area contributed by atoms with Crippen molar-refractivity contribution in [1.82, 2.24) is 5.32 Å². The van der Waals surface area contributed by atoms with E-state index in [9.17, 15) is 9.18 Å². The second-order valence-electron chi connectivity index (χ2n) is 3.01. The first-order chi connectivity index (χ1) is 5.08. The topological polar surface area (TPSA) is 38.3 Å². The van der Waals surface area contributed by atoms with Gasteiger partial charge in [-0.2, -0.15) is 0 Å². The second kappa shape index (κ2) is 2.77. The molecule has 1 rings (SSSR count). The molecule has 0 aromatic carbocycles. The summed E-state index contributed by atoms with van der Waals surface area (Å²) < 4.78 is 17.2. The highest BCUT2D eigenvalue weighted by Gasteiger charge is 2.41. The standard InChI is InChI=1S/C7H12FNO2/c1-7(6(10)11-2)3-5(8)4-9-7/h5,9H,3-4H2,1-2H3/t5-,7?/m1/s1. The van der Waals surface area contributed by atoms with Gasteiger partial charge in [-0.05, 0) is 6.92 Å². The first kappa shape index (κ1) is 8.46. The van der Waals surface area contributed by atoms with Crippen molar-refractivity contribution in [2.75, 3.05) is 13.7 Å². The van der Waals surface area contributed by atoms with Gasteiger partial charge in [-0.25, -0.2) is 4.39 Å². The number of carbonyl (C=O) groups is 1. The summed E-state index contributed by atoms with van der Waals surface area (Å²) in [7, 11) is 1.31. The number of hydrogen-bond donors (Lipinski definition) is 1. The van der Waals surface area contributed by atoms with E-state index in [0.29, 0.717) is 0 Å². The van der Waals surface area contributed by atoms with Crippen LogP contribution >= 0.6 is 0 Å². The van der Waals surface area contributed by atoms with Gasteiger partial charge in [0.05, 0.1) is 7.11 Å². The molecule has 1 aliphatic rings. The molecule has 0 aliphatic carbocycles. The quantitative estimate of drug-likeness (QED) is 0.560. The molecule has 4 heteroatoms. The van der Waals surface area contributed by atoms with Gasteiger partial charge < -0.3 is 4.74 Å². The van der Waals surface area contributed by atoms with Gasteiger partial charge in [-0.1, -0.05) is 0 Å². The van der Waals surface area contributed by atoms with Gasteiger partial charge in [0, 0.05) is 13.0 Å². The molecule has 0 saturated carbocycles. The average molecular weight is 161 g/mol. The van der Waals surface area contributed by atoms with E-state index in [-0.39, 0.29) is 13.0 Å². The van der Waals surface area contributed by atoms with Crippen LogP contribution in [0.2, 0.25) is 0 Å². The largest absolute Gasteiger partial charge is 0.468 e. The van der Waals surface area contributed by atoms with E-state index in [1.807, 2.05) is 0 Å². The first-order valence-corrected chi connectivity index (χ1v) is 3.56. The molecule has 1 unspecified atom stereocenters. The predicted octanol–water partition coefficient (Wildman–Crippen LogP) is 0.249. The molecule has 1 aliphatic heterocycles. The number of esters is 1. The number of halogens is 1. The number of hydrogen-bond acceptors (Lipinski definition) is 3. The zero-order chi connectivity index (χ0) is 8.48. The maximum Gasteiger partial charge on any atom is 0.325 e. The molecule has 0 radical (unpaired) electrons. The van der Waals surface area contributed by atoms with Crippen LogP contribution in [0.4, 0.5) is 4.39 Å². The monoisotopic (exact) mass is 161 g/mol. The van der Waals surface area contributed by atoms with Gasteiger partial charge in [0.25, 0.3) is 0 Å². The lowest BCUT2D eigenvalue weighted by molar-refractivity contribution is -0.147. The fourth-order valence-electron chi connectivity index (χ4n) is 1.30. The molecule has 0 aromatic heterocycles. The Morgan fingerprint density at radius 1 is 1.82 bits per heavy atom. The minimum absolute atomic E-state index is 0.208. The van der Waals surface area contributed by atoms with Crippen molar-refractivity contribution in [2.45, 2.75) is 25.1 Å². The molecule has 0 bridgehead atoms. The summed E-state index contributed by atoms with van der Waals surface area (Å²) in [5.74, 6) is -0.391. The van der Waals surface area contributed by atoms with E-state index in [0.717, 1.165) is 0 Å². The summed E-state index contributed by atoms with van der Waals surface area (Å²) in [6.45, 7) is 1.89. The molecular formula is C7H12FNO2. The van der Waals surface area contributed by atoms with Crippen LogP contribution in [0, 0.1) is 0 Å². The van der Waals surface area contributed by atoms with Crippen molar-refractivity contribution < 1.29 is 13.9 Å². The van der Waals surface area contributed by atoms with Crippen molar-refractivity contribution in [2.24, 2.45) is 0 Å². The first-order valence-electron chi connectivity index (χ1n) is 3.56. The average Bonchev–Trinajstić information content (AvgIpc) is 2.31. The van der Waals surface area contributed by atoms with E-state index < -0.39 is 17.7 Å². The van der Waals surface area contributed by atoms with E-state index in [1.165, 1.54) is 7.11 Å². The molecule has 1 heterocycles. The minimum Gasteiger partial charge on any atom is -0.468 e. The van der Waals surface area contributed by atoms with Crippen molar-refractivity contribution in [3.63, 3.8) is 0 Å². The number of alkyl halides is 1. The Labute approximate surface area is 64.9 Å². The summed E-state index contributed by atoms with van der Waals surface area (Å²) in [6.07, 6.45) is -0.723. The molecular weight excluding hydrogens is 149 g/mol. The Bertz CT molecular complexity index is 174. The number of methoxy groups -OCH3 is 1. The molecule has 64 valence electrons. The lowest BCUT2D eigenvalue weighted by atomic mass is 10.0. The minimum atomic E-state index is -0.931. The fraction of sp³-hybridized carbons (Fsp3) is 0.857. The Kier molecular flexibility index (Phi) is 2.13. The van der Waals surface area contributed by atoms with Crippen LogP contribution < -0.4 is 5.32 Å². The summed E-state index contributed by atoms with van der Waals surface area (Å²) >= 11 is 0. The van der Waals surface area contributed by atoms with Crippen LogP contribution in [0.1, 0.15) is 13.3 Å². The lowest BCUT2D eigenvalue weighted by Gasteiger charge is -2.19. The highest BCUT2D eigenvalue weighted by molar-refractivity contribution is 5.80. The third-order valence-corrected chi connectivity index (χ3v) is 1.98. The van der Waals surface area contributed by atoms with Crippen molar-refractivity contribution in [1.29, 1.82) is 0 Å². The SMILES string of the molecule is COC(=O)C1(C)C[C@@H](F)CN1. The summed E-state index contributed by atoms with van der Waals surface area (Å²) in [6, 6.07) is 0. The van der Waals surface area contributed by atoms with E-state index >= 15 is 0 Å². The van der Waals surface area contributed by atoms with Gasteiger partial charge in [0.1, 0.15) is 11.7 Å². The molecule has 1 saturated heterocycles. The van der Waals surface area contributed by atoms with Crippen molar-refractivity contribution >= 4 is 5.97 Å². The molecule has 0 spiro atoms. The third kappa shape index (κ3) is 1.50. The summed E-state index contributed by atoms with van der Waals surface area (Å²) in [4.78, 5) is 11.0. The molecule has 0 aromatic rings. The normalized spacial score (nSPS) is 37.2. The summed E-state index contributed by atoms with van der Waals surface area (Å²) in [5.41, 5.74) is -0.811. The van der Waals surface area contributed by atoms with Gasteiger partial charge >= 0.3 is 5.97 Å². The smallest absolute Gasteiger partial charge is 0.325 e. The highest BCUT2D eigenvalue weighted by Crippen LogP contribution is 2.22. The highest BCUT2D eigenvalue weighted by atomic mass is 19.1.